The van der Waals surface area contributed by atoms with Crippen molar-refractivity contribution in [3.63, 3.8) is 0 Å². The molecule has 8 nitrogen and oxygen atoms in total. The molecular formula is C29H42N4O4Si. The molecule has 0 radical (unpaired) electrons. The van der Waals surface area contributed by atoms with Crippen molar-refractivity contribution in [3.8, 4) is 5.75 Å². The number of rotatable bonds is 6. The van der Waals surface area contributed by atoms with Crippen LogP contribution in [0.2, 0.25) is 18.1 Å². The van der Waals surface area contributed by atoms with E-state index in [0.29, 0.717) is 17.9 Å². The molecule has 1 atom stereocenters. The van der Waals surface area contributed by atoms with E-state index >= 15 is 0 Å². The Morgan fingerprint density at radius 3 is 2.61 bits per heavy atom. The summed E-state index contributed by atoms with van der Waals surface area (Å²) in [6, 6.07) is 5.20. The third kappa shape index (κ3) is 5.20. The molecule has 0 aliphatic carbocycles. The lowest BCUT2D eigenvalue weighted by atomic mass is 9.91. The number of benzene rings is 1. The Balaban J connectivity index is 1.24. The zero-order valence-corrected chi connectivity index (χ0v) is 24.7. The summed E-state index contributed by atoms with van der Waals surface area (Å²) in [4.78, 5) is 21.0. The average Bonchev–Trinajstić information content (AvgIpc) is 3.27. The number of aromatic nitrogens is 3. The molecule has 1 N–H and O–H groups in total. The number of aromatic hydroxyl groups is 1. The highest BCUT2D eigenvalue weighted by Gasteiger charge is 2.41. The summed E-state index contributed by atoms with van der Waals surface area (Å²) in [7, 11) is -1.97. The van der Waals surface area contributed by atoms with E-state index < -0.39 is 8.32 Å². The second-order valence-corrected chi connectivity index (χ2v) is 17.4. The Labute approximate surface area is 226 Å². The number of likely N-dealkylation sites (tertiary alicyclic amines) is 1. The second kappa shape index (κ2) is 10.2. The Morgan fingerprint density at radius 2 is 1.89 bits per heavy atom. The molecule has 9 heteroatoms. The second-order valence-electron chi connectivity index (χ2n) is 12.6. The van der Waals surface area contributed by atoms with Gasteiger partial charge in [0, 0.05) is 41.7 Å². The monoisotopic (exact) mass is 538 g/mol. The number of hydrogen-bond acceptors (Lipinski definition) is 7. The number of phenols is 1. The normalized spacial score (nSPS) is 19.7. The average molecular weight is 539 g/mol. The maximum Gasteiger partial charge on any atom is 0.257 e. The number of phenolic OH excluding ortho intramolecular Hbond substituents is 1. The first-order valence-corrected chi connectivity index (χ1v) is 16.9. The van der Waals surface area contributed by atoms with Gasteiger partial charge in [0.15, 0.2) is 13.9 Å². The van der Waals surface area contributed by atoms with Gasteiger partial charge in [-0.3, -0.25) is 9.36 Å². The molecule has 3 aromatic rings. The van der Waals surface area contributed by atoms with E-state index in [4.69, 9.17) is 13.9 Å². The lowest BCUT2D eigenvalue weighted by molar-refractivity contribution is 0.137. The Kier molecular flexibility index (Phi) is 7.30. The Morgan fingerprint density at radius 1 is 1.16 bits per heavy atom. The van der Waals surface area contributed by atoms with Crippen LogP contribution in [0.25, 0.3) is 11.0 Å². The Bertz CT molecular complexity index is 1370. The largest absolute Gasteiger partial charge is 0.508 e. The molecule has 206 valence electrons. The van der Waals surface area contributed by atoms with Gasteiger partial charge in [-0.1, -0.05) is 25.9 Å². The summed E-state index contributed by atoms with van der Waals surface area (Å²) in [5, 5.41) is 15.1. The zero-order valence-electron chi connectivity index (χ0n) is 23.7. The maximum absolute atomic E-state index is 13.6. The third-order valence-electron chi connectivity index (χ3n) is 9.01. The van der Waals surface area contributed by atoms with Crippen molar-refractivity contribution in [2.24, 2.45) is 0 Å². The SMILES string of the molecule is Cc1nc2n(c(=O)c1CCN1CCC(c3noc4cc(O)ccc34)CC1)CCCC2O[Si](C)(C)C(C)(C)C. The van der Waals surface area contributed by atoms with E-state index in [1.165, 1.54) is 0 Å². The van der Waals surface area contributed by atoms with Gasteiger partial charge in [0.2, 0.25) is 0 Å². The van der Waals surface area contributed by atoms with Crippen LogP contribution >= 0.6 is 0 Å². The molecule has 0 spiro atoms. The van der Waals surface area contributed by atoms with Crippen LogP contribution in [0.5, 0.6) is 5.75 Å². The van der Waals surface area contributed by atoms with Crippen LogP contribution in [0.4, 0.5) is 0 Å². The summed E-state index contributed by atoms with van der Waals surface area (Å²) in [6.45, 7) is 16.8. The zero-order chi connectivity index (χ0) is 27.2. The summed E-state index contributed by atoms with van der Waals surface area (Å²) in [5.74, 6) is 1.35. The topological polar surface area (TPSA) is 93.6 Å². The first kappa shape index (κ1) is 27.1. The van der Waals surface area contributed by atoms with Crippen molar-refractivity contribution in [2.45, 2.75) is 96.5 Å². The Hall–Kier alpha value is -2.49. The van der Waals surface area contributed by atoms with E-state index in [1.807, 2.05) is 17.6 Å². The molecule has 2 aliphatic rings. The third-order valence-corrected chi connectivity index (χ3v) is 13.5. The van der Waals surface area contributed by atoms with Gasteiger partial charge in [-0.05, 0) is 82.4 Å². The van der Waals surface area contributed by atoms with Gasteiger partial charge < -0.3 is 19.0 Å². The molecular weight excluding hydrogens is 496 g/mol. The van der Waals surface area contributed by atoms with Gasteiger partial charge in [-0.25, -0.2) is 4.98 Å². The van der Waals surface area contributed by atoms with Crippen LogP contribution in [0.3, 0.4) is 0 Å². The van der Waals surface area contributed by atoms with E-state index in [2.05, 4.69) is 43.9 Å². The summed E-state index contributed by atoms with van der Waals surface area (Å²) < 4.78 is 14.1. The highest BCUT2D eigenvalue weighted by atomic mass is 28.4. The van der Waals surface area contributed by atoms with Crippen molar-refractivity contribution in [2.75, 3.05) is 19.6 Å². The van der Waals surface area contributed by atoms with Crippen LogP contribution in [0, 0.1) is 6.92 Å². The minimum Gasteiger partial charge on any atom is -0.508 e. The molecule has 5 rings (SSSR count). The van der Waals surface area contributed by atoms with Crippen LogP contribution in [-0.4, -0.2) is 52.7 Å². The first-order valence-electron chi connectivity index (χ1n) is 14.0. The standard InChI is InChI=1S/C29H42N4O4Si/c1-19-22(28(35)33-14-7-8-24(27(33)30-19)37-38(5,6)29(2,3)4)13-17-32-15-11-20(12-16-32)26-23-10-9-21(34)18-25(23)36-31-26/h9-10,18,20,24,34H,7-8,11-17H2,1-6H3. The molecule has 1 saturated heterocycles. The number of hydrogen-bond donors (Lipinski definition) is 1. The van der Waals surface area contributed by atoms with Gasteiger partial charge in [0.25, 0.3) is 5.56 Å². The van der Waals surface area contributed by atoms with Crippen molar-refractivity contribution in [1.29, 1.82) is 0 Å². The fraction of sp³-hybridized carbons (Fsp3) is 0.621. The fourth-order valence-electron chi connectivity index (χ4n) is 5.62. The van der Waals surface area contributed by atoms with Gasteiger partial charge in [-0.2, -0.15) is 0 Å². The molecule has 2 aromatic heterocycles. The molecule has 1 fully saturated rings. The predicted molar refractivity (Wildman–Crippen MR) is 151 cm³/mol. The number of fused-ring (bicyclic) bond motifs is 2. The van der Waals surface area contributed by atoms with Crippen molar-refractivity contribution in [3.05, 3.63) is 51.3 Å². The predicted octanol–water partition coefficient (Wildman–Crippen LogP) is 5.68. The molecule has 2 aliphatic heterocycles. The first-order chi connectivity index (χ1) is 17.9. The molecule has 0 amide bonds. The maximum atomic E-state index is 13.6. The van der Waals surface area contributed by atoms with Crippen molar-refractivity contribution >= 4 is 19.3 Å². The van der Waals surface area contributed by atoms with Gasteiger partial charge in [0.1, 0.15) is 17.7 Å². The summed E-state index contributed by atoms with van der Waals surface area (Å²) in [5.41, 5.74) is 3.42. The number of nitrogens with zero attached hydrogens (tertiary/aromatic N) is 4. The molecule has 0 bridgehead atoms. The molecule has 4 heterocycles. The van der Waals surface area contributed by atoms with Gasteiger partial charge in [-0.15, -0.1) is 0 Å². The van der Waals surface area contributed by atoms with Crippen molar-refractivity contribution < 1.29 is 14.1 Å². The number of piperidine rings is 1. The molecule has 0 saturated carbocycles. The van der Waals surface area contributed by atoms with E-state index in [0.717, 1.165) is 80.0 Å². The number of aryl methyl sites for hydroxylation is 1. The summed E-state index contributed by atoms with van der Waals surface area (Å²) in [6.07, 6.45) is 4.48. The van der Waals surface area contributed by atoms with Crippen LogP contribution < -0.4 is 5.56 Å². The molecule has 38 heavy (non-hydrogen) atoms. The quantitative estimate of drug-likeness (QED) is 0.404. The van der Waals surface area contributed by atoms with Crippen LogP contribution in [-0.2, 0) is 17.4 Å². The lowest BCUT2D eigenvalue weighted by Crippen LogP contribution is -2.44. The van der Waals surface area contributed by atoms with E-state index in [-0.39, 0.29) is 22.5 Å². The van der Waals surface area contributed by atoms with Crippen LogP contribution in [0.1, 0.15) is 81.3 Å². The highest BCUT2D eigenvalue weighted by Crippen LogP contribution is 2.41. The highest BCUT2D eigenvalue weighted by molar-refractivity contribution is 6.74. The van der Waals surface area contributed by atoms with Crippen LogP contribution in [0.15, 0.2) is 27.5 Å². The minimum atomic E-state index is -1.97. The van der Waals surface area contributed by atoms with E-state index in [9.17, 15) is 9.90 Å². The molecule has 1 unspecified atom stereocenters. The van der Waals surface area contributed by atoms with Gasteiger partial charge in [0.05, 0.1) is 5.69 Å². The smallest absolute Gasteiger partial charge is 0.257 e. The fourth-order valence-corrected chi connectivity index (χ4v) is 6.91. The minimum absolute atomic E-state index is 0.0966. The van der Waals surface area contributed by atoms with Gasteiger partial charge >= 0.3 is 0 Å². The van der Waals surface area contributed by atoms with E-state index in [1.54, 1.807) is 12.1 Å². The summed E-state index contributed by atoms with van der Waals surface area (Å²) >= 11 is 0. The lowest BCUT2D eigenvalue weighted by Gasteiger charge is -2.40. The van der Waals surface area contributed by atoms with Crippen molar-refractivity contribution in [1.82, 2.24) is 19.6 Å². The molecule has 1 aromatic carbocycles.